The molecule has 4 aromatic rings. The van der Waals surface area contributed by atoms with Crippen molar-refractivity contribution in [2.24, 2.45) is 7.05 Å². The van der Waals surface area contributed by atoms with Crippen LogP contribution in [0.25, 0.3) is 28.1 Å². The zero-order valence-corrected chi connectivity index (χ0v) is 20.8. The van der Waals surface area contributed by atoms with Crippen LogP contribution in [0.1, 0.15) is 11.4 Å². The normalized spacial score (nSPS) is 15.7. The van der Waals surface area contributed by atoms with Gasteiger partial charge in [0, 0.05) is 44.6 Å². The summed E-state index contributed by atoms with van der Waals surface area (Å²) in [5.74, 6) is 0.814. The summed E-state index contributed by atoms with van der Waals surface area (Å²) in [5.41, 5.74) is 4.13. The molecule has 2 amide bonds. The van der Waals surface area contributed by atoms with E-state index in [1.807, 2.05) is 43.3 Å². The molecule has 12 heteroatoms. The summed E-state index contributed by atoms with van der Waals surface area (Å²) < 4.78 is 8.43. The number of fused-ring (bicyclic) bond motifs is 1. The second-order valence-corrected chi connectivity index (χ2v) is 8.71. The van der Waals surface area contributed by atoms with Crippen molar-refractivity contribution in [3.05, 3.63) is 54.0 Å². The number of aryl methyl sites for hydroxylation is 1. The van der Waals surface area contributed by atoms with Crippen LogP contribution in [0, 0.1) is 18.3 Å². The van der Waals surface area contributed by atoms with Gasteiger partial charge in [0.05, 0.1) is 30.6 Å². The van der Waals surface area contributed by atoms with Crippen LogP contribution < -0.4 is 10.6 Å². The SMILES string of the molecule is COCCN1CC(NC(=O)Nc2c(C)c(-c3cnc4c(c3)nc(C#N)n4C)nn2-c2ccccc2)CO1. The maximum atomic E-state index is 13.0. The zero-order chi connectivity index (χ0) is 25.9. The van der Waals surface area contributed by atoms with Crippen molar-refractivity contribution >= 4 is 23.0 Å². The number of hydrogen-bond donors (Lipinski definition) is 2. The molecule has 1 fully saturated rings. The molecule has 1 unspecified atom stereocenters. The Morgan fingerprint density at radius 2 is 2.14 bits per heavy atom. The largest absolute Gasteiger partial charge is 0.383 e. The summed E-state index contributed by atoms with van der Waals surface area (Å²) >= 11 is 0. The van der Waals surface area contributed by atoms with E-state index in [1.54, 1.807) is 34.7 Å². The van der Waals surface area contributed by atoms with Crippen LogP contribution in [0.4, 0.5) is 10.6 Å². The van der Waals surface area contributed by atoms with E-state index in [4.69, 9.17) is 14.7 Å². The molecule has 0 spiro atoms. The number of nitrogens with zero attached hydrogens (tertiary/aromatic N) is 7. The Hall–Kier alpha value is -4.31. The van der Waals surface area contributed by atoms with Gasteiger partial charge in [-0.15, -0.1) is 0 Å². The standard InChI is InChI=1S/C25H27N9O3/c1-16-22(17-11-20-24(27-13-17)32(2)21(12-26)29-20)31-34(19-7-5-4-6-8-19)23(16)30-25(35)28-18-14-33(37-15-18)9-10-36-3/h4-8,11,13,18H,9-10,14-15H2,1-3H3,(H2,28,30,35). The molecule has 1 atom stereocenters. The van der Waals surface area contributed by atoms with Gasteiger partial charge < -0.3 is 14.6 Å². The molecule has 1 saturated heterocycles. The number of ether oxygens (including phenoxy) is 1. The minimum Gasteiger partial charge on any atom is -0.383 e. The van der Waals surface area contributed by atoms with E-state index in [-0.39, 0.29) is 17.9 Å². The van der Waals surface area contributed by atoms with E-state index >= 15 is 0 Å². The molecule has 1 aromatic carbocycles. The van der Waals surface area contributed by atoms with E-state index in [1.165, 1.54) is 0 Å². The van der Waals surface area contributed by atoms with Gasteiger partial charge in [-0.1, -0.05) is 18.2 Å². The molecule has 37 heavy (non-hydrogen) atoms. The highest BCUT2D eigenvalue weighted by Gasteiger charge is 2.26. The number of nitriles is 1. The van der Waals surface area contributed by atoms with Crippen LogP contribution in [-0.4, -0.2) is 74.9 Å². The van der Waals surface area contributed by atoms with Gasteiger partial charge in [0.15, 0.2) is 5.65 Å². The fraction of sp³-hybridized carbons (Fsp3) is 0.320. The first-order valence-corrected chi connectivity index (χ1v) is 11.8. The first-order valence-electron chi connectivity index (χ1n) is 11.8. The van der Waals surface area contributed by atoms with Gasteiger partial charge in [-0.25, -0.2) is 19.4 Å². The number of imidazole rings is 1. The molecule has 190 valence electrons. The molecule has 4 heterocycles. The monoisotopic (exact) mass is 501 g/mol. The smallest absolute Gasteiger partial charge is 0.320 e. The van der Waals surface area contributed by atoms with Crippen molar-refractivity contribution in [2.75, 3.05) is 38.7 Å². The summed E-state index contributed by atoms with van der Waals surface area (Å²) in [4.78, 5) is 27.5. The maximum Gasteiger partial charge on any atom is 0.320 e. The summed E-state index contributed by atoms with van der Waals surface area (Å²) in [7, 11) is 3.39. The average molecular weight is 502 g/mol. The lowest BCUT2D eigenvalue weighted by Crippen LogP contribution is -2.41. The number of para-hydroxylation sites is 1. The van der Waals surface area contributed by atoms with Crippen LogP contribution in [0.2, 0.25) is 0 Å². The van der Waals surface area contributed by atoms with Crippen LogP contribution >= 0.6 is 0 Å². The Balaban J connectivity index is 1.44. The van der Waals surface area contributed by atoms with Gasteiger partial charge in [-0.2, -0.15) is 15.4 Å². The van der Waals surface area contributed by atoms with Crippen molar-refractivity contribution in [3.63, 3.8) is 0 Å². The molecule has 0 bridgehead atoms. The van der Waals surface area contributed by atoms with Crippen molar-refractivity contribution in [1.82, 2.24) is 34.7 Å². The molecular weight excluding hydrogens is 474 g/mol. The number of benzene rings is 1. The number of urea groups is 1. The average Bonchev–Trinajstić information content (AvgIpc) is 3.59. The number of nitrogens with one attached hydrogen (secondary N) is 2. The number of rotatable bonds is 7. The number of carbonyl (C=O) groups excluding carboxylic acids is 1. The number of aromatic nitrogens is 5. The zero-order valence-electron chi connectivity index (χ0n) is 20.8. The van der Waals surface area contributed by atoms with Crippen molar-refractivity contribution < 1.29 is 14.4 Å². The fourth-order valence-electron chi connectivity index (χ4n) is 4.29. The number of amides is 2. The Morgan fingerprint density at radius 1 is 1.32 bits per heavy atom. The maximum absolute atomic E-state index is 13.0. The number of pyridine rings is 1. The topological polar surface area (TPSA) is 135 Å². The number of hydrogen-bond acceptors (Lipinski definition) is 8. The van der Waals surface area contributed by atoms with E-state index < -0.39 is 0 Å². The summed E-state index contributed by atoms with van der Waals surface area (Å²) in [6.07, 6.45) is 1.70. The van der Waals surface area contributed by atoms with Crippen molar-refractivity contribution in [3.8, 4) is 23.0 Å². The lowest BCUT2D eigenvalue weighted by atomic mass is 10.1. The van der Waals surface area contributed by atoms with Gasteiger partial charge in [-0.05, 0) is 25.1 Å². The second kappa shape index (κ2) is 10.4. The van der Waals surface area contributed by atoms with Crippen LogP contribution in [-0.2, 0) is 16.6 Å². The predicted molar refractivity (Wildman–Crippen MR) is 136 cm³/mol. The molecule has 12 nitrogen and oxygen atoms in total. The molecule has 1 aliphatic rings. The van der Waals surface area contributed by atoms with E-state index in [2.05, 4.69) is 26.7 Å². The lowest BCUT2D eigenvalue weighted by Gasteiger charge is -2.15. The molecule has 0 saturated carbocycles. The van der Waals surface area contributed by atoms with Gasteiger partial charge >= 0.3 is 6.03 Å². The van der Waals surface area contributed by atoms with Crippen LogP contribution in [0.15, 0.2) is 42.6 Å². The number of carbonyl (C=O) groups is 1. The van der Waals surface area contributed by atoms with Crippen molar-refractivity contribution in [2.45, 2.75) is 13.0 Å². The van der Waals surface area contributed by atoms with Gasteiger partial charge in [0.1, 0.15) is 17.4 Å². The quantitative estimate of drug-likeness (QED) is 0.394. The minimum absolute atomic E-state index is 0.158. The number of methoxy groups -OCH3 is 1. The Morgan fingerprint density at radius 3 is 2.89 bits per heavy atom. The van der Waals surface area contributed by atoms with Gasteiger partial charge in [0.2, 0.25) is 5.82 Å². The van der Waals surface area contributed by atoms with Crippen LogP contribution in [0.3, 0.4) is 0 Å². The third-order valence-electron chi connectivity index (χ3n) is 6.20. The van der Waals surface area contributed by atoms with E-state index in [0.717, 1.165) is 16.8 Å². The molecule has 0 radical (unpaired) electrons. The Bertz CT molecular complexity index is 1470. The summed E-state index contributed by atoms with van der Waals surface area (Å²) in [6, 6.07) is 13.0. The Kier molecular flexibility index (Phi) is 6.82. The summed E-state index contributed by atoms with van der Waals surface area (Å²) in [5, 5.41) is 21.9. The second-order valence-electron chi connectivity index (χ2n) is 8.71. The first kappa shape index (κ1) is 24.4. The number of hydroxylamine groups is 2. The first-order chi connectivity index (χ1) is 18.0. The van der Waals surface area contributed by atoms with Crippen LogP contribution in [0.5, 0.6) is 0 Å². The third kappa shape index (κ3) is 4.88. The van der Waals surface area contributed by atoms with Gasteiger partial charge in [-0.3, -0.25) is 10.2 Å². The molecule has 2 N–H and O–H groups in total. The number of anilines is 1. The highest BCUT2D eigenvalue weighted by atomic mass is 16.7. The molecular formula is C25H27N9O3. The predicted octanol–water partition coefficient (Wildman–Crippen LogP) is 2.38. The third-order valence-corrected chi connectivity index (χ3v) is 6.20. The molecule has 1 aliphatic heterocycles. The minimum atomic E-state index is -0.356. The fourth-order valence-corrected chi connectivity index (χ4v) is 4.29. The van der Waals surface area contributed by atoms with E-state index in [9.17, 15) is 10.1 Å². The Labute approximate surface area is 213 Å². The molecule has 3 aromatic heterocycles. The summed E-state index contributed by atoms with van der Waals surface area (Å²) in [6.45, 7) is 4.03. The van der Waals surface area contributed by atoms with Crippen molar-refractivity contribution in [1.29, 1.82) is 5.26 Å². The molecule has 0 aliphatic carbocycles. The van der Waals surface area contributed by atoms with E-state index in [0.29, 0.717) is 49.0 Å². The highest BCUT2D eigenvalue weighted by molar-refractivity contribution is 5.91. The highest BCUT2D eigenvalue weighted by Crippen LogP contribution is 2.31. The molecule has 5 rings (SSSR count). The van der Waals surface area contributed by atoms with Gasteiger partial charge in [0.25, 0.3) is 0 Å². The lowest BCUT2D eigenvalue weighted by molar-refractivity contribution is -0.118.